The monoisotopic (exact) mass is 403 g/mol. The normalized spacial score (nSPS) is 15.5. The van der Waals surface area contributed by atoms with Crippen molar-refractivity contribution in [3.8, 4) is 0 Å². The second kappa shape index (κ2) is 7.53. The third-order valence-electron chi connectivity index (χ3n) is 5.77. The van der Waals surface area contributed by atoms with Gasteiger partial charge in [-0.3, -0.25) is 9.78 Å². The van der Waals surface area contributed by atoms with Gasteiger partial charge in [-0.2, -0.15) is 0 Å². The Morgan fingerprint density at radius 1 is 1.07 bits per heavy atom. The second-order valence-electron chi connectivity index (χ2n) is 7.72. The predicted octanol–water partition coefficient (Wildman–Crippen LogP) is 4.53. The average Bonchev–Trinajstić information content (AvgIpc) is 3.39. The van der Waals surface area contributed by atoms with Crippen LogP contribution in [-0.2, 0) is 13.0 Å². The molecule has 1 aliphatic carbocycles. The van der Waals surface area contributed by atoms with Gasteiger partial charge in [0.2, 0.25) is 0 Å². The Kier molecular flexibility index (Phi) is 4.72. The molecule has 0 N–H and O–H groups in total. The Morgan fingerprint density at radius 3 is 2.72 bits per heavy atom. The highest BCUT2D eigenvalue weighted by Gasteiger charge is 2.21. The number of rotatable bonds is 4. The Labute approximate surface area is 175 Å². The first-order valence-corrected chi connectivity index (χ1v) is 10.4. The average molecular weight is 404 g/mol. The topological polar surface area (TPSA) is 38.1 Å². The van der Waals surface area contributed by atoms with E-state index >= 15 is 0 Å². The fourth-order valence-electron chi connectivity index (χ4n) is 4.25. The summed E-state index contributed by atoms with van der Waals surface area (Å²) in [5.74, 6) is 0. The van der Waals surface area contributed by atoms with Crippen molar-refractivity contribution in [1.29, 1.82) is 0 Å². The minimum absolute atomic E-state index is 0.0134. The third kappa shape index (κ3) is 3.60. The summed E-state index contributed by atoms with van der Waals surface area (Å²) in [6.07, 6.45) is 9.34. The van der Waals surface area contributed by atoms with Crippen LogP contribution in [0.25, 0.3) is 5.57 Å². The molecule has 0 bridgehead atoms. The molecule has 4 nitrogen and oxygen atoms in total. The van der Waals surface area contributed by atoms with E-state index in [1.807, 2.05) is 42.7 Å². The highest BCUT2D eigenvalue weighted by atomic mass is 35.5. The van der Waals surface area contributed by atoms with Crippen LogP contribution in [-0.4, -0.2) is 22.6 Å². The van der Waals surface area contributed by atoms with Gasteiger partial charge in [0.05, 0.1) is 24.1 Å². The van der Waals surface area contributed by atoms with Crippen molar-refractivity contribution >= 4 is 22.9 Å². The lowest BCUT2D eigenvalue weighted by molar-refractivity contribution is 0.758. The Hall–Kier alpha value is -2.85. The summed E-state index contributed by atoms with van der Waals surface area (Å²) in [6, 6.07) is 13.6. The van der Waals surface area contributed by atoms with Crippen molar-refractivity contribution in [1.82, 2.24) is 9.55 Å². The molecular weight excluding hydrogens is 382 g/mol. The van der Waals surface area contributed by atoms with E-state index in [0.717, 1.165) is 47.5 Å². The first kappa shape index (κ1) is 18.2. The van der Waals surface area contributed by atoms with E-state index < -0.39 is 0 Å². The predicted molar refractivity (Wildman–Crippen MR) is 118 cm³/mol. The molecule has 1 aromatic carbocycles. The summed E-state index contributed by atoms with van der Waals surface area (Å²) in [5.41, 5.74) is 6.49. The summed E-state index contributed by atoms with van der Waals surface area (Å²) >= 11 is 6.07. The van der Waals surface area contributed by atoms with Crippen molar-refractivity contribution in [2.24, 2.45) is 0 Å². The molecule has 146 valence electrons. The van der Waals surface area contributed by atoms with Gasteiger partial charge in [0.25, 0.3) is 5.56 Å². The molecule has 2 aliphatic rings. The molecular formula is C24H22ClN3O. The van der Waals surface area contributed by atoms with E-state index in [1.54, 1.807) is 10.6 Å². The quantitative estimate of drug-likeness (QED) is 0.642. The zero-order chi connectivity index (χ0) is 19.8. The molecule has 3 heterocycles. The maximum absolute atomic E-state index is 12.8. The van der Waals surface area contributed by atoms with E-state index in [-0.39, 0.29) is 5.56 Å². The fourth-order valence-corrected chi connectivity index (χ4v) is 4.46. The van der Waals surface area contributed by atoms with Crippen LogP contribution in [0.2, 0.25) is 5.02 Å². The molecule has 5 heteroatoms. The first-order chi connectivity index (χ1) is 14.2. The molecule has 5 rings (SSSR count). The van der Waals surface area contributed by atoms with E-state index in [2.05, 4.69) is 17.0 Å². The van der Waals surface area contributed by atoms with Crippen LogP contribution in [0.5, 0.6) is 0 Å². The van der Waals surface area contributed by atoms with Gasteiger partial charge >= 0.3 is 0 Å². The van der Waals surface area contributed by atoms with Crippen LogP contribution in [0, 0.1) is 0 Å². The second-order valence-corrected chi connectivity index (χ2v) is 8.15. The van der Waals surface area contributed by atoms with E-state index in [1.165, 1.54) is 18.5 Å². The fraction of sp³-hybridized carbons (Fsp3) is 0.250. The maximum Gasteiger partial charge on any atom is 0.251 e. The first-order valence-electron chi connectivity index (χ1n) is 10.1. The Morgan fingerprint density at radius 2 is 1.93 bits per heavy atom. The molecule has 0 unspecified atom stereocenters. The lowest BCUT2D eigenvalue weighted by Crippen LogP contribution is -2.20. The van der Waals surface area contributed by atoms with Crippen molar-refractivity contribution in [2.75, 3.05) is 18.0 Å². The number of fused-ring (bicyclic) bond motifs is 1. The van der Waals surface area contributed by atoms with Gasteiger partial charge in [-0.25, -0.2) is 0 Å². The number of halogens is 1. The Balaban J connectivity index is 1.43. The minimum Gasteiger partial charge on any atom is -0.370 e. The van der Waals surface area contributed by atoms with Crippen molar-refractivity contribution < 1.29 is 0 Å². The van der Waals surface area contributed by atoms with E-state index in [4.69, 9.17) is 16.6 Å². The lowest BCUT2D eigenvalue weighted by atomic mass is 10.0. The maximum atomic E-state index is 12.8. The molecule has 3 aromatic rings. The van der Waals surface area contributed by atoms with Gasteiger partial charge in [0.15, 0.2) is 0 Å². The third-order valence-corrected chi connectivity index (χ3v) is 6.00. The van der Waals surface area contributed by atoms with Gasteiger partial charge in [-0.1, -0.05) is 29.8 Å². The van der Waals surface area contributed by atoms with Gasteiger partial charge in [-0.05, 0) is 53.8 Å². The lowest BCUT2D eigenvalue weighted by Gasteiger charge is -2.18. The smallest absolute Gasteiger partial charge is 0.251 e. The summed E-state index contributed by atoms with van der Waals surface area (Å²) in [7, 11) is 0. The van der Waals surface area contributed by atoms with Crippen LogP contribution in [0.15, 0.2) is 65.7 Å². The highest BCUT2D eigenvalue weighted by molar-refractivity contribution is 6.30. The van der Waals surface area contributed by atoms with E-state index in [9.17, 15) is 4.79 Å². The summed E-state index contributed by atoms with van der Waals surface area (Å²) in [4.78, 5) is 19.8. The zero-order valence-corrected chi connectivity index (χ0v) is 16.9. The van der Waals surface area contributed by atoms with Gasteiger partial charge in [-0.15, -0.1) is 0 Å². The SMILES string of the molecule is O=c1cc(C2=CCc3ncc(N4CCCC4)cc32)ccn1Cc1cccc(Cl)c1. The number of allylic oxidation sites excluding steroid dienone is 1. The molecule has 1 saturated heterocycles. The zero-order valence-electron chi connectivity index (χ0n) is 16.1. The van der Waals surface area contributed by atoms with Gasteiger partial charge in [0, 0.05) is 42.4 Å². The summed E-state index contributed by atoms with van der Waals surface area (Å²) in [6.45, 7) is 2.70. The number of hydrogen-bond acceptors (Lipinski definition) is 3. The standard InChI is InChI=1S/C24H22ClN3O/c25-19-5-3-4-17(12-19)16-28-11-8-18(13-24(28)29)21-6-7-23-22(21)14-20(15-26-23)27-9-1-2-10-27/h3-6,8,11-15H,1-2,7,9-10,16H2. The largest absolute Gasteiger partial charge is 0.370 e. The minimum atomic E-state index is -0.0134. The number of aromatic nitrogens is 2. The van der Waals surface area contributed by atoms with Crippen LogP contribution >= 0.6 is 11.6 Å². The van der Waals surface area contributed by atoms with Gasteiger partial charge in [0.1, 0.15) is 0 Å². The number of anilines is 1. The molecule has 0 radical (unpaired) electrons. The van der Waals surface area contributed by atoms with Crippen LogP contribution < -0.4 is 10.5 Å². The van der Waals surface area contributed by atoms with Crippen LogP contribution in [0.1, 0.15) is 35.2 Å². The molecule has 1 aliphatic heterocycles. The van der Waals surface area contributed by atoms with E-state index in [0.29, 0.717) is 11.6 Å². The number of benzene rings is 1. The van der Waals surface area contributed by atoms with Crippen molar-refractivity contribution in [3.63, 3.8) is 0 Å². The van der Waals surface area contributed by atoms with Crippen molar-refractivity contribution in [2.45, 2.75) is 25.8 Å². The molecule has 29 heavy (non-hydrogen) atoms. The summed E-state index contributed by atoms with van der Waals surface area (Å²) in [5, 5.41) is 0.682. The highest BCUT2D eigenvalue weighted by Crippen LogP contribution is 2.34. The molecule has 0 amide bonds. The summed E-state index contributed by atoms with van der Waals surface area (Å²) < 4.78 is 1.71. The van der Waals surface area contributed by atoms with Crippen LogP contribution in [0.3, 0.4) is 0 Å². The van der Waals surface area contributed by atoms with Gasteiger partial charge < -0.3 is 9.47 Å². The molecule has 1 fully saturated rings. The van der Waals surface area contributed by atoms with Crippen LogP contribution in [0.4, 0.5) is 5.69 Å². The molecule has 2 aromatic heterocycles. The molecule has 0 atom stereocenters. The molecule has 0 saturated carbocycles. The number of hydrogen-bond donors (Lipinski definition) is 0. The Bertz CT molecular complexity index is 1160. The molecule has 0 spiro atoms. The van der Waals surface area contributed by atoms with Crippen molar-refractivity contribution in [3.05, 3.63) is 98.7 Å². The number of nitrogens with zero attached hydrogens (tertiary/aromatic N) is 3. The number of pyridine rings is 2.